The number of rotatable bonds is 6. The van der Waals surface area contributed by atoms with Crippen molar-refractivity contribution in [1.29, 1.82) is 0 Å². The standard InChI is InChI=1S/C16H23NO4.ClH/c1-3-20-16(18)11-12-4-5-14(15(10-12)19-2)21-13-6-8-17-9-7-13;/h4-5,10,13,17H,3,6-9,11H2,1-2H3;1H. The van der Waals surface area contributed by atoms with E-state index in [1.54, 1.807) is 14.0 Å². The Balaban J connectivity index is 0.00000242. The first-order valence-corrected chi connectivity index (χ1v) is 7.42. The van der Waals surface area contributed by atoms with Gasteiger partial charge < -0.3 is 19.5 Å². The van der Waals surface area contributed by atoms with Gasteiger partial charge in [-0.15, -0.1) is 12.4 Å². The van der Waals surface area contributed by atoms with Gasteiger partial charge >= 0.3 is 5.97 Å². The van der Waals surface area contributed by atoms with E-state index < -0.39 is 0 Å². The molecule has 0 unspecified atom stereocenters. The number of halogens is 1. The number of hydrogen-bond donors (Lipinski definition) is 1. The van der Waals surface area contributed by atoms with Crippen LogP contribution in [-0.4, -0.2) is 38.9 Å². The van der Waals surface area contributed by atoms with Crippen LogP contribution in [0.15, 0.2) is 18.2 Å². The molecular weight excluding hydrogens is 306 g/mol. The molecule has 6 heteroatoms. The van der Waals surface area contributed by atoms with Gasteiger partial charge in [-0.25, -0.2) is 0 Å². The van der Waals surface area contributed by atoms with Crippen molar-refractivity contribution in [3.8, 4) is 11.5 Å². The first-order chi connectivity index (χ1) is 10.2. The first kappa shape index (κ1) is 18.6. The van der Waals surface area contributed by atoms with Crippen LogP contribution in [0.5, 0.6) is 11.5 Å². The van der Waals surface area contributed by atoms with Gasteiger partial charge in [0, 0.05) is 0 Å². The lowest BCUT2D eigenvalue weighted by molar-refractivity contribution is -0.142. The van der Waals surface area contributed by atoms with Crippen molar-refractivity contribution in [3.05, 3.63) is 23.8 Å². The molecule has 0 amide bonds. The highest BCUT2D eigenvalue weighted by Crippen LogP contribution is 2.30. The van der Waals surface area contributed by atoms with Crippen LogP contribution < -0.4 is 14.8 Å². The van der Waals surface area contributed by atoms with E-state index >= 15 is 0 Å². The van der Waals surface area contributed by atoms with E-state index in [0.29, 0.717) is 12.4 Å². The average Bonchev–Trinajstić information content (AvgIpc) is 2.50. The molecule has 1 aliphatic heterocycles. The highest BCUT2D eigenvalue weighted by molar-refractivity contribution is 5.85. The second-order valence-corrected chi connectivity index (χ2v) is 5.03. The van der Waals surface area contributed by atoms with Crippen molar-refractivity contribution < 1.29 is 19.0 Å². The fourth-order valence-electron chi connectivity index (χ4n) is 2.39. The van der Waals surface area contributed by atoms with Gasteiger partial charge in [0.2, 0.25) is 0 Å². The smallest absolute Gasteiger partial charge is 0.310 e. The zero-order chi connectivity index (χ0) is 15.1. The van der Waals surface area contributed by atoms with Crippen LogP contribution in [-0.2, 0) is 16.0 Å². The van der Waals surface area contributed by atoms with E-state index in [0.717, 1.165) is 37.2 Å². The second kappa shape index (κ2) is 9.54. The summed E-state index contributed by atoms with van der Waals surface area (Å²) in [6.07, 6.45) is 2.45. The molecular formula is C16H24ClNO4. The van der Waals surface area contributed by atoms with E-state index in [-0.39, 0.29) is 30.9 Å². The lowest BCUT2D eigenvalue weighted by Crippen LogP contribution is -2.34. The molecule has 0 saturated carbocycles. The van der Waals surface area contributed by atoms with E-state index in [9.17, 15) is 4.79 Å². The van der Waals surface area contributed by atoms with Crippen LogP contribution in [0.2, 0.25) is 0 Å². The van der Waals surface area contributed by atoms with Crippen LogP contribution in [0.3, 0.4) is 0 Å². The van der Waals surface area contributed by atoms with Crippen molar-refractivity contribution in [3.63, 3.8) is 0 Å². The van der Waals surface area contributed by atoms with E-state index in [1.807, 2.05) is 18.2 Å². The number of esters is 1. The van der Waals surface area contributed by atoms with E-state index in [2.05, 4.69) is 5.32 Å². The summed E-state index contributed by atoms with van der Waals surface area (Å²) in [7, 11) is 1.61. The number of benzene rings is 1. The maximum Gasteiger partial charge on any atom is 0.310 e. The molecule has 0 aromatic heterocycles. The molecule has 22 heavy (non-hydrogen) atoms. The maximum atomic E-state index is 11.5. The van der Waals surface area contributed by atoms with Gasteiger partial charge in [0.15, 0.2) is 11.5 Å². The summed E-state index contributed by atoms with van der Waals surface area (Å²) in [4.78, 5) is 11.5. The third-order valence-corrected chi connectivity index (χ3v) is 3.46. The van der Waals surface area contributed by atoms with Crippen LogP contribution >= 0.6 is 12.4 Å². The molecule has 0 radical (unpaired) electrons. The minimum absolute atomic E-state index is 0. The number of carbonyl (C=O) groups excluding carboxylic acids is 1. The van der Waals surface area contributed by atoms with Crippen LogP contribution in [0, 0.1) is 0 Å². The van der Waals surface area contributed by atoms with Gasteiger partial charge in [-0.05, 0) is 50.6 Å². The molecule has 124 valence electrons. The predicted molar refractivity (Wildman–Crippen MR) is 87.1 cm³/mol. The minimum Gasteiger partial charge on any atom is -0.493 e. The Hall–Kier alpha value is -1.46. The van der Waals surface area contributed by atoms with Crippen molar-refractivity contribution in [2.75, 3.05) is 26.8 Å². The molecule has 1 saturated heterocycles. The topological polar surface area (TPSA) is 56.8 Å². The van der Waals surface area contributed by atoms with Crippen LogP contribution in [0.1, 0.15) is 25.3 Å². The number of ether oxygens (including phenoxy) is 3. The fraction of sp³-hybridized carbons (Fsp3) is 0.562. The minimum atomic E-state index is -0.230. The fourth-order valence-corrected chi connectivity index (χ4v) is 2.39. The Morgan fingerprint density at radius 2 is 2.00 bits per heavy atom. The summed E-state index contributed by atoms with van der Waals surface area (Å²) in [5, 5.41) is 3.31. The van der Waals surface area contributed by atoms with Crippen molar-refractivity contribution in [2.24, 2.45) is 0 Å². The Morgan fingerprint density at radius 3 is 2.64 bits per heavy atom. The Labute approximate surface area is 137 Å². The SMILES string of the molecule is CCOC(=O)Cc1ccc(OC2CCNCC2)c(OC)c1.Cl. The zero-order valence-corrected chi connectivity index (χ0v) is 13.9. The lowest BCUT2D eigenvalue weighted by Gasteiger charge is -2.24. The zero-order valence-electron chi connectivity index (χ0n) is 13.1. The second-order valence-electron chi connectivity index (χ2n) is 5.03. The summed E-state index contributed by atoms with van der Waals surface area (Å²) < 4.78 is 16.3. The highest BCUT2D eigenvalue weighted by atomic mass is 35.5. The first-order valence-electron chi connectivity index (χ1n) is 7.42. The largest absolute Gasteiger partial charge is 0.493 e. The molecule has 0 spiro atoms. The number of carbonyl (C=O) groups is 1. The number of nitrogens with one attached hydrogen (secondary N) is 1. The third-order valence-electron chi connectivity index (χ3n) is 3.46. The summed E-state index contributed by atoms with van der Waals surface area (Å²) >= 11 is 0. The lowest BCUT2D eigenvalue weighted by atomic mass is 10.1. The van der Waals surface area contributed by atoms with Gasteiger partial charge in [0.25, 0.3) is 0 Å². The molecule has 1 N–H and O–H groups in total. The van der Waals surface area contributed by atoms with E-state index in [1.165, 1.54) is 0 Å². The van der Waals surface area contributed by atoms with Crippen molar-refractivity contribution >= 4 is 18.4 Å². The van der Waals surface area contributed by atoms with Gasteiger partial charge in [-0.1, -0.05) is 6.07 Å². The van der Waals surface area contributed by atoms with E-state index in [4.69, 9.17) is 14.2 Å². The summed E-state index contributed by atoms with van der Waals surface area (Å²) in [5.74, 6) is 1.17. The quantitative estimate of drug-likeness (QED) is 0.812. The van der Waals surface area contributed by atoms with Crippen molar-refractivity contribution in [1.82, 2.24) is 5.32 Å². The molecule has 1 heterocycles. The number of piperidine rings is 1. The monoisotopic (exact) mass is 329 g/mol. The van der Waals surface area contributed by atoms with Crippen LogP contribution in [0.4, 0.5) is 0 Å². The van der Waals surface area contributed by atoms with Gasteiger partial charge in [-0.3, -0.25) is 4.79 Å². The van der Waals surface area contributed by atoms with Gasteiger partial charge in [0.1, 0.15) is 6.10 Å². The van der Waals surface area contributed by atoms with Gasteiger partial charge in [0.05, 0.1) is 20.1 Å². The predicted octanol–water partition coefficient (Wildman–Crippen LogP) is 2.35. The number of methoxy groups -OCH3 is 1. The molecule has 0 atom stereocenters. The molecule has 1 aromatic carbocycles. The number of hydrogen-bond acceptors (Lipinski definition) is 5. The Bertz CT molecular complexity index is 475. The van der Waals surface area contributed by atoms with Crippen LogP contribution in [0.25, 0.3) is 0 Å². The molecule has 0 aliphatic carbocycles. The van der Waals surface area contributed by atoms with Gasteiger partial charge in [-0.2, -0.15) is 0 Å². The summed E-state index contributed by atoms with van der Waals surface area (Å²) in [6, 6.07) is 5.60. The molecule has 1 aliphatic rings. The van der Waals surface area contributed by atoms with Crippen molar-refractivity contribution in [2.45, 2.75) is 32.3 Å². The molecule has 0 bridgehead atoms. The molecule has 2 rings (SSSR count). The maximum absolute atomic E-state index is 11.5. The third kappa shape index (κ3) is 5.39. The summed E-state index contributed by atoms with van der Waals surface area (Å²) in [6.45, 7) is 4.16. The summed E-state index contributed by atoms with van der Waals surface area (Å²) in [5.41, 5.74) is 0.864. The molecule has 1 aromatic rings. The highest BCUT2D eigenvalue weighted by Gasteiger charge is 2.17. The Morgan fingerprint density at radius 1 is 1.27 bits per heavy atom. The normalized spacial score (nSPS) is 14.8. The molecule has 1 fully saturated rings. The molecule has 5 nitrogen and oxygen atoms in total. The Kier molecular flexibility index (Phi) is 8.06. The average molecular weight is 330 g/mol.